The van der Waals surface area contributed by atoms with Gasteiger partial charge in [0.25, 0.3) is 0 Å². The molecule has 0 aliphatic carbocycles. The lowest BCUT2D eigenvalue weighted by Crippen LogP contribution is -2.14. The molecule has 0 aliphatic heterocycles. The smallest absolute Gasteiger partial charge is 0.373 e. The van der Waals surface area contributed by atoms with E-state index in [0.29, 0.717) is 0 Å². The number of aromatic nitrogens is 2. The molecule has 0 spiro atoms. The number of nitrogens with zero attached hydrogens (tertiary/aromatic N) is 2. The first-order valence-corrected chi connectivity index (χ1v) is 5.66. The molecule has 1 aromatic carbocycles. The molecule has 0 radical (unpaired) electrons. The number of hydrogen-bond acceptors (Lipinski definition) is 4. The fraction of sp³-hybridized carbons (Fsp3) is 0.167. The van der Waals surface area contributed by atoms with Gasteiger partial charge in [-0.3, -0.25) is 0 Å². The zero-order valence-corrected chi connectivity index (χ0v) is 10.6. The molecule has 21 heavy (non-hydrogen) atoms. The highest BCUT2D eigenvalue weighted by Crippen LogP contribution is 2.29. The second kappa shape index (κ2) is 5.51. The fourth-order valence-electron chi connectivity index (χ4n) is 1.50. The molecule has 0 unspecified atom stereocenters. The normalized spacial score (nSPS) is 11.3. The molecule has 1 aromatic heterocycles. The molecule has 4 nitrogen and oxygen atoms in total. The quantitative estimate of drug-likeness (QED) is 0.851. The van der Waals surface area contributed by atoms with Crippen molar-refractivity contribution in [2.75, 3.05) is 17.7 Å². The van der Waals surface area contributed by atoms with Crippen molar-refractivity contribution in [3.8, 4) is 0 Å². The molecule has 9 heteroatoms. The molecule has 2 rings (SSSR count). The summed E-state index contributed by atoms with van der Waals surface area (Å²) >= 11 is 0. The first kappa shape index (κ1) is 14.9. The van der Waals surface area contributed by atoms with Crippen LogP contribution >= 0.6 is 0 Å². The van der Waals surface area contributed by atoms with Crippen LogP contribution in [0.25, 0.3) is 0 Å². The molecule has 2 N–H and O–H groups in total. The van der Waals surface area contributed by atoms with Gasteiger partial charge in [0.05, 0.1) is 5.69 Å². The Kier molecular flexibility index (Phi) is 3.92. The van der Waals surface area contributed by atoms with Crippen LogP contribution in [0.4, 0.5) is 39.3 Å². The Morgan fingerprint density at radius 2 is 1.71 bits per heavy atom. The predicted octanol–water partition coefficient (Wildman–Crippen LogP) is 3.56. The minimum absolute atomic E-state index is 0.114. The number of nitrogens with one attached hydrogen (secondary N) is 2. The van der Waals surface area contributed by atoms with Gasteiger partial charge in [-0.25, -0.2) is 18.7 Å². The molecule has 0 bridgehead atoms. The largest absolute Gasteiger partial charge is 0.451 e. The SMILES string of the molecule is CNc1cc(Nc2cccc(F)c2F)nc(C(F)(F)F)n1. The van der Waals surface area contributed by atoms with E-state index in [-0.39, 0.29) is 17.3 Å². The highest BCUT2D eigenvalue weighted by Gasteiger charge is 2.35. The second-order valence-electron chi connectivity index (χ2n) is 3.94. The van der Waals surface area contributed by atoms with Crippen molar-refractivity contribution in [3.05, 3.63) is 41.7 Å². The zero-order chi connectivity index (χ0) is 15.6. The molecule has 0 saturated heterocycles. The summed E-state index contributed by atoms with van der Waals surface area (Å²) in [5.41, 5.74) is -0.330. The van der Waals surface area contributed by atoms with Crippen molar-refractivity contribution in [1.29, 1.82) is 0 Å². The van der Waals surface area contributed by atoms with Gasteiger partial charge in [-0.15, -0.1) is 0 Å². The van der Waals surface area contributed by atoms with Crippen LogP contribution in [0.3, 0.4) is 0 Å². The number of hydrogen-bond donors (Lipinski definition) is 2. The first-order chi connectivity index (χ1) is 9.81. The Morgan fingerprint density at radius 1 is 1.05 bits per heavy atom. The van der Waals surface area contributed by atoms with E-state index < -0.39 is 23.6 Å². The van der Waals surface area contributed by atoms with Crippen molar-refractivity contribution in [1.82, 2.24) is 9.97 Å². The van der Waals surface area contributed by atoms with E-state index in [0.717, 1.165) is 12.1 Å². The molecule has 112 valence electrons. The summed E-state index contributed by atoms with van der Waals surface area (Å²) in [5.74, 6) is -4.16. The van der Waals surface area contributed by atoms with Crippen molar-refractivity contribution >= 4 is 17.3 Å². The molecule has 0 fully saturated rings. The maximum Gasteiger partial charge on any atom is 0.451 e. The molecule has 0 saturated carbocycles. The van der Waals surface area contributed by atoms with Crippen LogP contribution < -0.4 is 10.6 Å². The molecule has 0 atom stereocenters. The van der Waals surface area contributed by atoms with Crippen LogP contribution in [0.5, 0.6) is 0 Å². The van der Waals surface area contributed by atoms with Gasteiger partial charge in [-0.1, -0.05) is 6.07 Å². The second-order valence-corrected chi connectivity index (χ2v) is 3.94. The van der Waals surface area contributed by atoms with Gasteiger partial charge >= 0.3 is 6.18 Å². The van der Waals surface area contributed by atoms with E-state index in [1.54, 1.807) is 0 Å². The summed E-state index contributed by atoms with van der Waals surface area (Å²) in [6.45, 7) is 0. The summed E-state index contributed by atoms with van der Waals surface area (Å²) in [6.07, 6.45) is -4.76. The van der Waals surface area contributed by atoms with E-state index >= 15 is 0 Å². The molecule has 2 aromatic rings. The van der Waals surface area contributed by atoms with Crippen molar-refractivity contribution in [3.63, 3.8) is 0 Å². The van der Waals surface area contributed by atoms with Gasteiger partial charge in [-0.2, -0.15) is 13.2 Å². The lowest BCUT2D eigenvalue weighted by atomic mass is 10.3. The molecule has 0 aliphatic rings. The van der Waals surface area contributed by atoms with Gasteiger partial charge in [0, 0.05) is 13.1 Å². The van der Waals surface area contributed by atoms with Gasteiger partial charge in [-0.05, 0) is 12.1 Å². The van der Waals surface area contributed by atoms with Crippen LogP contribution in [0.15, 0.2) is 24.3 Å². The van der Waals surface area contributed by atoms with Gasteiger partial charge < -0.3 is 10.6 Å². The third-order valence-corrected chi connectivity index (χ3v) is 2.45. The Hall–Kier alpha value is -2.45. The maximum atomic E-state index is 13.5. The monoisotopic (exact) mass is 304 g/mol. The van der Waals surface area contributed by atoms with Crippen LogP contribution in [0.1, 0.15) is 5.82 Å². The topological polar surface area (TPSA) is 49.8 Å². The van der Waals surface area contributed by atoms with Crippen molar-refractivity contribution in [2.24, 2.45) is 0 Å². The summed E-state index contributed by atoms with van der Waals surface area (Å²) in [4.78, 5) is 6.49. The van der Waals surface area contributed by atoms with Crippen LogP contribution in [-0.2, 0) is 6.18 Å². The van der Waals surface area contributed by atoms with Crippen LogP contribution in [0.2, 0.25) is 0 Å². The lowest BCUT2D eigenvalue weighted by Gasteiger charge is -2.12. The Labute approximate surface area is 116 Å². The third-order valence-electron chi connectivity index (χ3n) is 2.45. The van der Waals surface area contributed by atoms with Crippen LogP contribution in [0, 0.1) is 11.6 Å². The highest BCUT2D eigenvalue weighted by atomic mass is 19.4. The maximum absolute atomic E-state index is 13.5. The van der Waals surface area contributed by atoms with E-state index in [1.165, 1.54) is 19.2 Å². The lowest BCUT2D eigenvalue weighted by molar-refractivity contribution is -0.144. The Morgan fingerprint density at radius 3 is 2.33 bits per heavy atom. The molecular weight excluding hydrogens is 295 g/mol. The number of alkyl halides is 3. The minimum atomic E-state index is -4.76. The number of anilines is 3. The van der Waals surface area contributed by atoms with E-state index in [4.69, 9.17) is 0 Å². The standard InChI is InChI=1S/C12H9F5N4/c1-18-8-5-9(21-11(20-8)12(15,16)17)19-7-4-2-3-6(13)10(7)14/h2-5H,1H3,(H2,18,19,20,21). The van der Waals surface area contributed by atoms with E-state index in [2.05, 4.69) is 20.6 Å². The third kappa shape index (κ3) is 3.36. The van der Waals surface area contributed by atoms with Gasteiger partial charge in [0.1, 0.15) is 11.6 Å². The van der Waals surface area contributed by atoms with E-state index in [9.17, 15) is 22.0 Å². The predicted molar refractivity (Wildman–Crippen MR) is 66.2 cm³/mol. The van der Waals surface area contributed by atoms with Crippen molar-refractivity contribution < 1.29 is 22.0 Å². The van der Waals surface area contributed by atoms with Gasteiger partial charge in [0.15, 0.2) is 11.6 Å². The Balaban J connectivity index is 2.42. The Bertz CT molecular complexity index is 657. The summed E-state index contributed by atoms with van der Waals surface area (Å²) in [7, 11) is 1.37. The average Bonchev–Trinajstić information content (AvgIpc) is 2.42. The summed E-state index contributed by atoms with van der Waals surface area (Å²) in [5, 5.41) is 4.73. The number of rotatable bonds is 3. The van der Waals surface area contributed by atoms with E-state index in [1.807, 2.05) is 0 Å². The molecule has 1 heterocycles. The first-order valence-electron chi connectivity index (χ1n) is 5.66. The molecule has 0 amide bonds. The number of benzene rings is 1. The molecular formula is C12H9F5N4. The fourth-order valence-corrected chi connectivity index (χ4v) is 1.50. The highest BCUT2D eigenvalue weighted by molar-refractivity contribution is 5.59. The van der Waals surface area contributed by atoms with Crippen molar-refractivity contribution in [2.45, 2.75) is 6.18 Å². The minimum Gasteiger partial charge on any atom is -0.373 e. The average molecular weight is 304 g/mol. The van der Waals surface area contributed by atoms with Crippen LogP contribution in [-0.4, -0.2) is 17.0 Å². The number of halogens is 5. The zero-order valence-electron chi connectivity index (χ0n) is 10.6. The van der Waals surface area contributed by atoms with Gasteiger partial charge in [0.2, 0.25) is 5.82 Å². The summed E-state index contributed by atoms with van der Waals surface area (Å²) < 4.78 is 64.5. The summed E-state index contributed by atoms with van der Waals surface area (Å²) in [6, 6.07) is 4.42.